The molecule has 0 saturated carbocycles. The fraction of sp³-hybridized carbons (Fsp3) is 0.364. The number of nitrogens with two attached hydrogens (primary N) is 1. The molecule has 6 heteroatoms. The van der Waals surface area contributed by atoms with E-state index in [1.54, 1.807) is 16.7 Å². The van der Waals surface area contributed by atoms with Crippen molar-refractivity contribution in [3.63, 3.8) is 0 Å². The highest BCUT2D eigenvalue weighted by Gasteiger charge is 2.20. The number of hydrogen-bond acceptors (Lipinski definition) is 3. The highest BCUT2D eigenvalue weighted by atomic mass is 32.2. The third-order valence-electron chi connectivity index (χ3n) is 2.62. The molecule has 1 fully saturated rings. The van der Waals surface area contributed by atoms with Crippen molar-refractivity contribution < 1.29 is 13.6 Å². The number of amides is 1. The van der Waals surface area contributed by atoms with Crippen molar-refractivity contribution in [1.29, 1.82) is 0 Å². The van der Waals surface area contributed by atoms with Gasteiger partial charge in [-0.15, -0.1) is 0 Å². The first-order valence-corrected chi connectivity index (χ1v) is 6.36. The lowest BCUT2D eigenvalue weighted by Crippen LogP contribution is -2.38. The summed E-state index contributed by atoms with van der Waals surface area (Å²) in [6.45, 7) is 1.22. The van der Waals surface area contributed by atoms with E-state index in [0.29, 0.717) is 13.1 Å². The standard InChI is InChI=1S/C11H12F2N2OS/c12-8-5-7(6-9(13)10(8)14)11(16)15-1-3-17-4-2-15/h5-6H,1-4,14H2. The van der Waals surface area contributed by atoms with Crippen LogP contribution in [0.4, 0.5) is 14.5 Å². The van der Waals surface area contributed by atoms with Gasteiger partial charge in [-0.3, -0.25) is 4.79 Å². The van der Waals surface area contributed by atoms with E-state index in [2.05, 4.69) is 0 Å². The molecular formula is C11H12F2N2OS. The smallest absolute Gasteiger partial charge is 0.254 e. The zero-order chi connectivity index (χ0) is 12.4. The quantitative estimate of drug-likeness (QED) is 0.780. The predicted octanol–water partition coefficient (Wildman–Crippen LogP) is 1.74. The molecule has 1 aromatic rings. The maximum absolute atomic E-state index is 13.2. The van der Waals surface area contributed by atoms with E-state index in [1.807, 2.05) is 0 Å². The van der Waals surface area contributed by atoms with Gasteiger partial charge in [-0.1, -0.05) is 0 Å². The number of anilines is 1. The van der Waals surface area contributed by atoms with Gasteiger partial charge in [-0.05, 0) is 12.1 Å². The van der Waals surface area contributed by atoms with Crippen LogP contribution in [0.15, 0.2) is 12.1 Å². The van der Waals surface area contributed by atoms with Crippen LogP contribution in [0.2, 0.25) is 0 Å². The molecule has 0 spiro atoms. The first kappa shape index (κ1) is 12.2. The molecule has 2 rings (SSSR count). The van der Waals surface area contributed by atoms with Crippen molar-refractivity contribution in [1.82, 2.24) is 4.90 Å². The molecule has 0 aromatic heterocycles. The van der Waals surface area contributed by atoms with Crippen molar-refractivity contribution in [3.8, 4) is 0 Å². The van der Waals surface area contributed by atoms with E-state index in [9.17, 15) is 13.6 Å². The Kier molecular flexibility index (Phi) is 3.51. The maximum atomic E-state index is 13.2. The fourth-order valence-corrected chi connectivity index (χ4v) is 2.56. The molecule has 0 radical (unpaired) electrons. The van der Waals surface area contributed by atoms with Gasteiger partial charge in [0.05, 0.1) is 0 Å². The Bertz CT molecular complexity index is 424. The van der Waals surface area contributed by atoms with E-state index in [-0.39, 0.29) is 11.5 Å². The summed E-state index contributed by atoms with van der Waals surface area (Å²) < 4.78 is 26.5. The normalized spacial score (nSPS) is 16.0. The van der Waals surface area contributed by atoms with E-state index in [1.165, 1.54) is 0 Å². The molecule has 1 amide bonds. The Morgan fingerprint density at radius 3 is 2.29 bits per heavy atom. The number of nitrogens with zero attached hydrogens (tertiary/aromatic N) is 1. The van der Waals surface area contributed by atoms with Crippen LogP contribution in [-0.2, 0) is 0 Å². The number of carbonyl (C=O) groups excluding carboxylic acids is 1. The molecule has 1 aromatic carbocycles. The average Bonchev–Trinajstić information content (AvgIpc) is 2.35. The van der Waals surface area contributed by atoms with Gasteiger partial charge >= 0.3 is 0 Å². The molecule has 0 aliphatic carbocycles. The second-order valence-electron chi connectivity index (χ2n) is 3.76. The van der Waals surface area contributed by atoms with E-state index in [4.69, 9.17) is 5.73 Å². The molecule has 3 nitrogen and oxygen atoms in total. The van der Waals surface area contributed by atoms with Gasteiger partial charge in [0.25, 0.3) is 5.91 Å². The van der Waals surface area contributed by atoms with Crippen LogP contribution in [0, 0.1) is 11.6 Å². The molecular weight excluding hydrogens is 246 g/mol. The lowest BCUT2D eigenvalue weighted by atomic mass is 10.1. The summed E-state index contributed by atoms with van der Waals surface area (Å²) in [6.07, 6.45) is 0. The Morgan fingerprint density at radius 1 is 1.24 bits per heavy atom. The SMILES string of the molecule is Nc1c(F)cc(C(=O)N2CCSCC2)cc1F. The summed E-state index contributed by atoms with van der Waals surface area (Å²) in [5, 5.41) is 0. The molecule has 1 aliphatic rings. The van der Waals surface area contributed by atoms with Crippen LogP contribution < -0.4 is 5.73 Å². The van der Waals surface area contributed by atoms with Crippen molar-refractivity contribution in [2.45, 2.75) is 0 Å². The number of nitrogen functional groups attached to an aromatic ring is 1. The third-order valence-corrected chi connectivity index (χ3v) is 3.57. The fourth-order valence-electron chi connectivity index (χ4n) is 1.66. The first-order chi connectivity index (χ1) is 8.09. The second-order valence-corrected chi connectivity index (χ2v) is 4.98. The summed E-state index contributed by atoms with van der Waals surface area (Å²) in [5.74, 6) is -0.417. The molecule has 1 aliphatic heterocycles. The highest BCUT2D eigenvalue weighted by molar-refractivity contribution is 7.99. The average molecular weight is 258 g/mol. The van der Waals surface area contributed by atoms with Gasteiger partial charge in [-0.25, -0.2) is 8.78 Å². The Hall–Kier alpha value is -1.30. The van der Waals surface area contributed by atoms with Crippen molar-refractivity contribution in [2.24, 2.45) is 0 Å². The number of benzene rings is 1. The number of hydrogen-bond donors (Lipinski definition) is 1. The molecule has 2 N–H and O–H groups in total. The van der Waals surface area contributed by atoms with Gasteiger partial charge in [0.15, 0.2) is 0 Å². The number of carbonyl (C=O) groups is 1. The van der Waals surface area contributed by atoms with Crippen LogP contribution in [-0.4, -0.2) is 35.4 Å². The van der Waals surface area contributed by atoms with E-state index >= 15 is 0 Å². The van der Waals surface area contributed by atoms with E-state index in [0.717, 1.165) is 23.6 Å². The van der Waals surface area contributed by atoms with Gasteiger partial charge in [-0.2, -0.15) is 11.8 Å². The number of thioether (sulfide) groups is 1. The van der Waals surface area contributed by atoms with E-state index < -0.39 is 17.3 Å². The van der Waals surface area contributed by atoms with Gasteiger partial charge < -0.3 is 10.6 Å². The molecule has 0 unspecified atom stereocenters. The summed E-state index contributed by atoms with van der Waals surface area (Å²) in [6, 6.07) is 1.98. The minimum absolute atomic E-state index is 0.0149. The lowest BCUT2D eigenvalue weighted by Gasteiger charge is -2.26. The zero-order valence-corrected chi connectivity index (χ0v) is 9.90. The highest BCUT2D eigenvalue weighted by Crippen LogP contribution is 2.19. The summed E-state index contributed by atoms with van der Waals surface area (Å²) >= 11 is 1.76. The monoisotopic (exact) mass is 258 g/mol. The summed E-state index contributed by atoms with van der Waals surface area (Å²) in [7, 11) is 0. The molecule has 0 bridgehead atoms. The third kappa shape index (κ3) is 2.52. The largest absolute Gasteiger partial charge is 0.394 e. The number of halogens is 2. The van der Waals surface area contributed by atoms with Crippen LogP contribution in [0.25, 0.3) is 0 Å². The van der Waals surface area contributed by atoms with Crippen LogP contribution in [0.5, 0.6) is 0 Å². The molecule has 92 valence electrons. The number of rotatable bonds is 1. The topological polar surface area (TPSA) is 46.3 Å². The molecule has 0 atom stereocenters. The van der Waals surface area contributed by atoms with Crippen LogP contribution in [0.3, 0.4) is 0 Å². The lowest BCUT2D eigenvalue weighted by molar-refractivity contribution is 0.0771. The Labute approximate surface area is 102 Å². The van der Waals surface area contributed by atoms with Crippen LogP contribution in [0.1, 0.15) is 10.4 Å². The summed E-state index contributed by atoms with van der Waals surface area (Å²) in [5.41, 5.74) is 4.62. The Morgan fingerprint density at radius 2 is 1.76 bits per heavy atom. The predicted molar refractivity (Wildman–Crippen MR) is 64.0 cm³/mol. The second kappa shape index (κ2) is 4.91. The first-order valence-electron chi connectivity index (χ1n) is 5.21. The van der Waals surface area contributed by atoms with Crippen molar-refractivity contribution in [3.05, 3.63) is 29.3 Å². The molecule has 1 heterocycles. The molecule has 1 saturated heterocycles. The minimum atomic E-state index is -0.889. The summed E-state index contributed by atoms with van der Waals surface area (Å²) in [4.78, 5) is 13.6. The minimum Gasteiger partial charge on any atom is -0.394 e. The molecule has 17 heavy (non-hydrogen) atoms. The van der Waals surface area contributed by atoms with Crippen LogP contribution >= 0.6 is 11.8 Å². The van der Waals surface area contributed by atoms with Crippen molar-refractivity contribution in [2.75, 3.05) is 30.3 Å². The van der Waals surface area contributed by atoms with Crippen molar-refractivity contribution >= 4 is 23.4 Å². The van der Waals surface area contributed by atoms with Gasteiger partial charge in [0.2, 0.25) is 0 Å². The zero-order valence-electron chi connectivity index (χ0n) is 9.08. The van der Waals surface area contributed by atoms with Gasteiger partial charge in [0.1, 0.15) is 17.3 Å². The maximum Gasteiger partial charge on any atom is 0.254 e. The van der Waals surface area contributed by atoms with Gasteiger partial charge in [0, 0.05) is 30.2 Å². The Balaban J connectivity index is 2.24.